The average molecular weight is 1140 g/mol. The van der Waals surface area contributed by atoms with E-state index < -0.39 is 146 Å². The van der Waals surface area contributed by atoms with Gasteiger partial charge in [-0.25, -0.2) is 9.59 Å². The molecule has 0 aliphatic carbocycles. The monoisotopic (exact) mass is 1140 g/mol. The van der Waals surface area contributed by atoms with Gasteiger partial charge in [0.15, 0.2) is 55.4 Å². The Morgan fingerprint density at radius 1 is 0.568 bits per heavy atom. The smallest absolute Gasteiger partial charge is 0.337 e. The maximum absolute atomic E-state index is 13.9. The summed E-state index contributed by atoms with van der Waals surface area (Å²) in [7, 11) is 2.41. The molecule has 0 radical (unpaired) electrons. The van der Waals surface area contributed by atoms with Crippen molar-refractivity contribution in [3.05, 3.63) is 92.7 Å². The molecule has 4 aliphatic rings. The Morgan fingerprint density at radius 3 is 1.59 bits per heavy atom. The van der Waals surface area contributed by atoms with Crippen molar-refractivity contribution in [2.24, 2.45) is 39.8 Å². The van der Waals surface area contributed by atoms with Crippen LogP contribution in [0.1, 0.15) is 110 Å². The minimum absolute atomic E-state index is 0.0467. The molecule has 24 nitrogen and oxygen atoms in total. The minimum Gasteiger partial charge on any atom is -0.467 e. The van der Waals surface area contributed by atoms with Crippen molar-refractivity contribution in [3.63, 3.8) is 0 Å². The zero-order valence-electron chi connectivity index (χ0n) is 48.3. The van der Waals surface area contributed by atoms with Gasteiger partial charge in [0.05, 0.1) is 57.3 Å². The summed E-state index contributed by atoms with van der Waals surface area (Å²) in [5.41, 5.74) is 21.5. The molecule has 4 aliphatic heterocycles. The van der Waals surface area contributed by atoms with Gasteiger partial charge in [-0.3, -0.25) is 19.3 Å². The summed E-state index contributed by atoms with van der Waals surface area (Å²) in [6.07, 6.45) is -11.3. The van der Waals surface area contributed by atoms with Gasteiger partial charge in [-0.05, 0) is 73.0 Å². The van der Waals surface area contributed by atoms with Crippen LogP contribution in [0.25, 0.3) is 20.9 Å². The van der Waals surface area contributed by atoms with Crippen molar-refractivity contribution < 1.29 is 80.8 Å². The Kier molecular flexibility index (Phi) is 24.7. The molecular formula is C57H81N7O17. The van der Waals surface area contributed by atoms with Crippen molar-refractivity contribution in [1.82, 2.24) is 4.90 Å². The van der Waals surface area contributed by atoms with Crippen LogP contribution in [0.4, 0.5) is 0 Å². The van der Waals surface area contributed by atoms with E-state index in [1.807, 2.05) is 88.4 Å². The third-order valence-electron chi connectivity index (χ3n) is 15.9. The number of benzene rings is 2. The predicted octanol–water partition coefficient (Wildman–Crippen LogP) is 8.18. The molecule has 4 saturated heterocycles. The summed E-state index contributed by atoms with van der Waals surface area (Å²) in [6.45, 7) is 16.9. The van der Waals surface area contributed by atoms with Crippen LogP contribution in [0.3, 0.4) is 0 Å². The van der Waals surface area contributed by atoms with E-state index in [1.165, 1.54) is 28.1 Å². The number of hydrogen-bond acceptors (Lipinski definition) is 20. The lowest BCUT2D eigenvalue weighted by molar-refractivity contribution is -0.356. The van der Waals surface area contributed by atoms with Crippen LogP contribution in [0.15, 0.2) is 70.9 Å². The van der Waals surface area contributed by atoms with Crippen molar-refractivity contribution in [1.29, 1.82) is 0 Å². The number of ketones is 1. The zero-order valence-corrected chi connectivity index (χ0v) is 48.3. The molecule has 2 aromatic rings. The average Bonchev–Trinajstić information content (AvgIpc) is 3.51. The maximum atomic E-state index is 13.9. The Bertz CT molecular complexity index is 2470. The molecule has 4 heterocycles. The summed E-state index contributed by atoms with van der Waals surface area (Å²) < 4.78 is 73.9. The molecule has 0 amide bonds. The van der Waals surface area contributed by atoms with E-state index in [9.17, 15) is 35.0 Å². The first-order valence-corrected chi connectivity index (χ1v) is 28.0. The van der Waals surface area contributed by atoms with Crippen molar-refractivity contribution in [3.8, 4) is 0 Å². The van der Waals surface area contributed by atoms with Gasteiger partial charge in [0.2, 0.25) is 0 Å². The first-order valence-electron chi connectivity index (χ1n) is 28.0. The van der Waals surface area contributed by atoms with Gasteiger partial charge in [0.25, 0.3) is 0 Å². The number of rotatable bonds is 26. The Balaban J connectivity index is 1.14. The molecule has 4 fully saturated rings. The van der Waals surface area contributed by atoms with Crippen LogP contribution in [0.5, 0.6) is 0 Å². The van der Waals surface area contributed by atoms with Crippen LogP contribution in [0.2, 0.25) is 0 Å². The maximum Gasteiger partial charge on any atom is 0.337 e. The molecule has 20 atom stereocenters. The molecule has 81 heavy (non-hydrogen) atoms. The van der Waals surface area contributed by atoms with Crippen molar-refractivity contribution >= 4 is 29.7 Å². The molecule has 0 spiro atoms. The fourth-order valence-electron chi connectivity index (χ4n) is 11.2. The zero-order chi connectivity index (χ0) is 58.9. The second kappa shape index (κ2) is 31.1. The molecule has 0 aromatic heterocycles. The third-order valence-corrected chi connectivity index (χ3v) is 15.9. The summed E-state index contributed by atoms with van der Waals surface area (Å²) in [5, 5.41) is 8.19. The van der Waals surface area contributed by atoms with E-state index in [0.29, 0.717) is 37.9 Å². The first kappa shape index (κ1) is 64.4. The van der Waals surface area contributed by atoms with Crippen LogP contribution in [0, 0.1) is 29.6 Å². The summed E-state index contributed by atoms with van der Waals surface area (Å²) in [4.78, 5) is 73.6. The quantitative estimate of drug-likeness (QED) is 0.0163. The third kappa shape index (κ3) is 16.5. The highest BCUT2D eigenvalue weighted by Gasteiger charge is 2.57. The SMILES string of the molecule is CCC1O[C@H](O[C@H]2C(C)C(OC(C)=O)[C@H](O[C@H]3C(C)C(N=[N+]=[N-])[C@@H](OCCCCCN(CC(=O)c4ccccc4)Cc4ccccc4)O[C@H]3CC)O[C@H]2C(=O)OC)C(N=[N+]=[N-])[C@@H](C)[C@@H]1O[C@@H]1OC(C(=O)OC)[C@@H](C)[C@H](C)C1OC(C)=O. The summed E-state index contributed by atoms with van der Waals surface area (Å²) >= 11 is 0. The van der Waals surface area contributed by atoms with E-state index >= 15 is 0 Å². The Morgan fingerprint density at radius 2 is 1.06 bits per heavy atom. The number of Topliss-reactive ketones (excluding diaryl/α,β-unsaturated/α-hetero) is 1. The number of unbranched alkanes of at least 4 members (excludes halogenated alkanes) is 2. The van der Waals surface area contributed by atoms with E-state index in [-0.39, 0.29) is 18.9 Å². The van der Waals surface area contributed by atoms with Crippen LogP contribution in [-0.2, 0) is 82.6 Å². The van der Waals surface area contributed by atoms with Crippen molar-refractivity contribution in [2.45, 2.75) is 193 Å². The number of carbonyl (C=O) groups is 5. The van der Waals surface area contributed by atoms with Crippen molar-refractivity contribution in [2.75, 3.05) is 33.9 Å². The van der Waals surface area contributed by atoms with E-state index in [4.69, 9.17) is 56.8 Å². The second-order valence-electron chi connectivity index (χ2n) is 21.4. The standard InChI is InChI=1S/C57H81N7O17/c1-12-41-45(33(5)43(60-62-58)54(75-41)72-28-22-16-21-27-64(29-38-23-17-14-18-24-38)30-40(67)39-25-19-15-20-26-39)78-57-50(74-37(9)66)35(7)47(51(81-57)53(69)71-11)79-55-44(61-63-59)34(6)46(42(13-2)76-55)77-56-49(73-36(8)65)32(4)31(3)48(80-56)52(68)70-10/h14-15,17-20,23-26,31-35,41-51,54-57H,12-13,16,21-22,27-30H2,1-11H3/t31-,32-,33?,34+,35?,41-,42?,43?,44?,45-,46-,47-,48?,49?,50?,51+,54-,55+,56+,57+/m0/s1. The number of ether oxygens (including phenoxy) is 12. The van der Waals surface area contributed by atoms with E-state index in [0.717, 1.165) is 18.4 Å². The number of hydrogen-bond donors (Lipinski definition) is 0. The highest BCUT2D eigenvalue weighted by atomic mass is 16.8. The van der Waals surface area contributed by atoms with E-state index in [1.54, 1.807) is 20.8 Å². The van der Waals surface area contributed by atoms with Crippen LogP contribution < -0.4 is 0 Å². The molecule has 446 valence electrons. The lowest BCUT2D eigenvalue weighted by Gasteiger charge is -2.51. The lowest BCUT2D eigenvalue weighted by Crippen LogP contribution is -2.64. The van der Waals surface area contributed by atoms with Gasteiger partial charge in [-0.2, -0.15) is 0 Å². The molecule has 6 rings (SSSR count). The molecule has 8 unspecified atom stereocenters. The minimum atomic E-state index is -1.53. The van der Waals surface area contributed by atoms with Gasteiger partial charge in [-0.15, -0.1) is 0 Å². The van der Waals surface area contributed by atoms with Gasteiger partial charge in [-0.1, -0.05) is 119 Å². The molecular weight excluding hydrogens is 1050 g/mol. The topological polar surface area (TPSA) is 297 Å². The number of azide groups is 2. The largest absolute Gasteiger partial charge is 0.467 e. The molecule has 0 saturated carbocycles. The van der Waals surface area contributed by atoms with E-state index in [2.05, 4.69) is 25.0 Å². The fraction of sp³-hybridized carbons (Fsp3) is 0.702. The Hall–Kier alpha value is -5.75. The normalized spacial score (nSPS) is 33.9. The first-order chi connectivity index (χ1) is 38.9. The highest BCUT2D eigenvalue weighted by molar-refractivity contribution is 5.97. The van der Waals surface area contributed by atoms with Gasteiger partial charge < -0.3 is 56.8 Å². The number of nitrogens with zero attached hydrogens (tertiary/aromatic N) is 7. The second-order valence-corrected chi connectivity index (χ2v) is 21.4. The van der Waals surface area contributed by atoms with Gasteiger partial charge in [0.1, 0.15) is 6.10 Å². The van der Waals surface area contributed by atoms with Crippen LogP contribution in [-0.4, -0.2) is 161 Å². The molecule has 0 N–H and O–H groups in total. The fourth-order valence-corrected chi connectivity index (χ4v) is 11.2. The molecule has 24 heteroatoms. The van der Waals surface area contributed by atoms with Gasteiger partial charge >= 0.3 is 23.9 Å². The van der Waals surface area contributed by atoms with Crippen LogP contribution >= 0.6 is 0 Å². The summed E-state index contributed by atoms with van der Waals surface area (Å²) in [6, 6.07) is 17.3. The van der Waals surface area contributed by atoms with Gasteiger partial charge in [0, 0.05) is 54.2 Å². The molecule has 2 aromatic carbocycles. The Labute approximate surface area is 473 Å². The number of methoxy groups -OCH3 is 2. The number of esters is 4. The summed E-state index contributed by atoms with van der Waals surface area (Å²) in [5.74, 6) is -5.75. The predicted molar refractivity (Wildman–Crippen MR) is 289 cm³/mol. The molecule has 0 bridgehead atoms. The lowest BCUT2D eigenvalue weighted by atomic mass is 9.83. The highest BCUT2D eigenvalue weighted by Crippen LogP contribution is 2.42. The number of carbonyl (C=O) groups excluding carboxylic acids is 5.